The first-order valence-corrected chi connectivity index (χ1v) is 11.3. The molecule has 0 bridgehead atoms. The van der Waals surface area contributed by atoms with E-state index < -0.39 is 5.97 Å². The molecule has 0 aliphatic carbocycles. The van der Waals surface area contributed by atoms with Crippen LogP contribution in [0.2, 0.25) is 0 Å². The Morgan fingerprint density at radius 3 is 2.12 bits per heavy atom. The lowest BCUT2D eigenvalue weighted by Crippen LogP contribution is -2.44. The highest BCUT2D eigenvalue weighted by Gasteiger charge is 2.43. The maximum atomic E-state index is 12.9. The largest absolute Gasteiger partial charge is 0.494 e. The van der Waals surface area contributed by atoms with Gasteiger partial charge in [-0.25, -0.2) is 4.79 Å². The summed E-state index contributed by atoms with van der Waals surface area (Å²) in [6, 6.07) is 10.4. The number of hydrogen-bond donors (Lipinski definition) is 0. The second kappa shape index (κ2) is 9.60. The van der Waals surface area contributed by atoms with Crippen LogP contribution in [0.1, 0.15) is 57.4 Å². The quantitative estimate of drug-likeness (QED) is 0.650. The third kappa shape index (κ3) is 4.84. The number of amides is 2. The predicted molar refractivity (Wildman–Crippen MR) is 121 cm³/mol. The second-order valence-electron chi connectivity index (χ2n) is 8.65. The van der Waals surface area contributed by atoms with Gasteiger partial charge in [0.15, 0.2) is 0 Å². The van der Waals surface area contributed by atoms with Gasteiger partial charge in [0.25, 0.3) is 11.8 Å². The van der Waals surface area contributed by atoms with Crippen molar-refractivity contribution in [2.45, 2.75) is 26.2 Å². The highest BCUT2D eigenvalue weighted by Crippen LogP contribution is 2.41. The van der Waals surface area contributed by atoms with Crippen molar-refractivity contribution in [3.05, 3.63) is 59.4 Å². The van der Waals surface area contributed by atoms with Crippen molar-refractivity contribution < 1.29 is 23.9 Å². The van der Waals surface area contributed by atoms with Gasteiger partial charge in [0.2, 0.25) is 0 Å². The fourth-order valence-corrected chi connectivity index (χ4v) is 4.66. The van der Waals surface area contributed by atoms with Gasteiger partial charge in [0.05, 0.1) is 19.3 Å². The molecule has 4 rings (SSSR count). The lowest BCUT2D eigenvalue weighted by atomic mass is 9.77. The summed E-state index contributed by atoms with van der Waals surface area (Å²) < 4.78 is 10.1. The number of methoxy groups -OCH3 is 1. The Hall–Kier alpha value is -3.42. The zero-order valence-electron chi connectivity index (χ0n) is 19.1. The molecule has 0 N–H and O–H groups in total. The van der Waals surface area contributed by atoms with Crippen LogP contribution in [0, 0.1) is 5.41 Å². The molecule has 2 aliphatic heterocycles. The number of ether oxygens (including phenoxy) is 2. The first-order valence-electron chi connectivity index (χ1n) is 11.3. The van der Waals surface area contributed by atoms with E-state index in [0.29, 0.717) is 49.6 Å². The molecule has 3 heterocycles. The van der Waals surface area contributed by atoms with E-state index in [1.165, 1.54) is 13.3 Å². The fraction of sp³-hybridized carbons (Fsp3) is 0.440. The highest BCUT2D eigenvalue weighted by molar-refractivity contribution is 5.95. The Morgan fingerprint density at radius 1 is 0.909 bits per heavy atom. The van der Waals surface area contributed by atoms with Gasteiger partial charge >= 0.3 is 5.97 Å². The number of aromatic nitrogens is 1. The van der Waals surface area contributed by atoms with Crippen molar-refractivity contribution in [2.75, 3.05) is 39.9 Å². The smallest absolute Gasteiger partial charge is 0.339 e. The number of piperidine rings is 1. The van der Waals surface area contributed by atoms with E-state index in [1.807, 2.05) is 41.0 Å². The molecule has 2 fully saturated rings. The van der Waals surface area contributed by atoms with E-state index in [1.54, 1.807) is 12.1 Å². The minimum Gasteiger partial charge on any atom is -0.494 e. The topological polar surface area (TPSA) is 89.0 Å². The van der Waals surface area contributed by atoms with E-state index >= 15 is 0 Å². The molecule has 0 radical (unpaired) electrons. The average molecular weight is 452 g/mol. The number of carbonyl (C=O) groups excluding carboxylic acids is 3. The molecule has 1 spiro atoms. The Kier molecular flexibility index (Phi) is 6.62. The van der Waals surface area contributed by atoms with Crippen molar-refractivity contribution >= 4 is 17.8 Å². The number of carbonyl (C=O) groups is 3. The Bertz CT molecular complexity index is 1010. The molecule has 33 heavy (non-hydrogen) atoms. The van der Waals surface area contributed by atoms with Gasteiger partial charge in [0.1, 0.15) is 11.4 Å². The van der Waals surface area contributed by atoms with Crippen LogP contribution in [-0.4, -0.2) is 72.5 Å². The van der Waals surface area contributed by atoms with Gasteiger partial charge in [-0.3, -0.25) is 14.6 Å². The highest BCUT2D eigenvalue weighted by atomic mass is 16.5. The Labute approximate surface area is 193 Å². The van der Waals surface area contributed by atoms with Crippen molar-refractivity contribution in [3.8, 4) is 5.75 Å². The Balaban J connectivity index is 1.33. The van der Waals surface area contributed by atoms with E-state index in [9.17, 15) is 14.4 Å². The third-order valence-corrected chi connectivity index (χ3v) is 6.65. The van der Waals surface area contributed by atoms with Gasteiger partial charge < -0.3 is 19.3 Å². The third-order valence-electron chi connectivity index (χ3n) is 6.65. The Morgan fingerprint density at radius 2 is 1.55 bits per heavy atom. The predicted octanol–water partition coefficient (Wildman–Crippen LogP) is 3.04. The molecule has 8 heteroatoms. The maximum absolute atomic E-state index is 12.9. The van der Waals surface area contributed by atoms with Gasteiger partial charge in [-0.05, 0) is 68.0 Å². The maximum Gasteiger partial charge on any atom is 0.339 e. The summed E-state index contributed by atoms with van der Waals surface area (Å²) in [4.78, 5) is 45.3. The molecule has 2 aromatic rings. The molecule has 2 saturated heterocycles. The summed E-state index contributed by atoms with van der Waals surface area (Å²) in [7, 11) is 1.31. The van der Waals surface area contributed by atoms with Crippen LogP contribution in [-0.2, 0) is 4.74 Å². The number of nitrogens with zero attached hydrogens (tertiary/aromatic N) is 3. The lowest BCUT2D eigenvalue weighted by Gasteiger charge is -2.39. The van der Waals surface area contributed by atoms with Crippen LogP contribution in [0.4, 0.5) is 0 Å². The van der Waals surface area contributed by atoms with Crippen LogP contribution < -0.4 is 4.74 Å². The van der Waals surface area contributed by atoms with Crippen molar-refractivity contribution in [2.24, 2.45) is 5.41 Å². The molecule has 174 valence electrons. The van der Waals surface area contributed by atoms with Crippen LogP contribution in [0.15, 0.2) is 42.6 Å². The molecule has 0 unspecified atom stereocenters. The number of rotatable bonds is 5. The molecule has 2 aliphatic rings. The van der Waals surface area contributed by atoms with Crippen molar-refractivity contribution in [1.29, 1.82) is 0 Å². The number of pyridine rings is 1. The summed E-state index contributed by atoms with van der Waals surface area (Å²) in [5.74, 6) is 0.190. The van der Waals surface area contributed by atoms with Crippen LogP contribution in [0.3, 0.4) is 0 Å². The molecular formula is C25H29N3O5. The van der Waals surface area contributed by atoms with E-state index in [4.69, 9.17) is 4.74 Å². The van der Waals surface area contributed by atoms with Crippen LogP contribution >= 0.6 is 0 Å². The SMILES string of the molecule is CCOc1ccc(C(=O)N2CCC3(CC2)CCN(C(=O)c2ccc(C(=O)OC)cn2)C3)cc1. The van der Waals surface area contributed by atoms with Gasteiger partial charge in [-0.2, -0.15) is 0 Å². The number of benzene rings is 1. The standard InChI is InChI=1S/C25H29N3O5/c1-3-33-20-7-4-18(5-8-20)22(29)27-13-10-25(11-14-27)12-15-28(17-25)23(30)21-9-6-19(16-26-21)24(31)32-2/h4-9,16H,3,10-15,17H2,1-2H3. The van der Waals surface area contributed by atoms with E-state index in [-0.39, 0.29) is 17.2 Å². The summed E-state index contributed by atoms with van der Waals surface area (Å²) in [6.45, 7) is 5.22. The lowest BCUT2D eigenvalue weighted by molar-refractivity contribution is 0.0564. The average Bonchev–Trinajstić information content (AvgIpc) is 3.27. The zero-order chi connectivity index (χ0) is 23.4. The minimum atomic E-state index is -0.479. The van der Waals surface area contributed by atoms with Crippen molar-refractivity contribution in [1.82, 2.24) is 14.8 Å². The summed E-state index contributed by atoms with van der Waals surface area (Å²) >= 11 is 0. The molecule has 2 amide bonds. The van der Waals surface area contributed by atoms with Crippen LogP contribution in [0.5, 0.6) is 5.75 Å². The summed E-state index contributed by atoms with van der Waals surface area (Å²) in [5.41, 5.74) is 1.34. The molecule has 1 aromatic carbocycles. The van der Waals surface area contributed by atoms with Gasteiger partial charge in [0, 0.05) is 37.9 Å². The van der Waals surface area contributed by atoms with Gasteiger partial charge in [-0.1, -0.05) is 0 Å². The van der Waals surface area contributed by atoms with Crippen LogP contribution in [0.25, 0.3) is 0 Å². The van der Waals surface area contributed by atoms with E-state index in [2.05, 4.69) is 9.72 Å². The first kappa shape index (κ1) is 22.8. The molecule has 1 aromatic heterocycles. The normalized spacial score (nSPS) is 17.2. The summed E-state index contributed by atoms with van der Waals surface area (Å²) in [6.07, 6.45) is 4.03. The minimum absolute atomic E-state index is 0.0359. The molecular weight excluding hydrogens is 422 g/mol. The summed E-state index contributed by atoms with van der Waals surface area (Å²) in [5, 5.41) is 0. The second-order valence-corrected chi connectivity index (χ2v) is 8.65. The molecule has 8 nitrogen and oxygen atoms in total. The number of hydrogen-bond acceptors (Lipinski definition) is 6. The first-order chi connectivity index (χ1) is 15.9. The van der Waals surface area contributed by atoms with Gasteiger partial charge in [-0.15, -0.1) is 0 Å². The fourth-order valence-electron chi connectivity index (χ4n) is 4.66. The van der Waals surface area contributed by atoms with Crippen molar-refractivity contribution in [3.63, 3.8) is 0 Å². The molecule has 0 atom stereocenters. The molecule has 0 saturated carbocycles. The number of likely N-dealkylation sites (tertiary alicyclic amines) is 2. The van der Waals surface area contributed by atoms with E-state index in [0.717, 1.165) is 25.0 Å². The monoisotopic (exact) mass is 451 g/mol. The zero-order valence-corrected chi connectivity index (χ0v) is 19.1. The number of esters is 1.